The maximum absolute atomic E-state index is 12.4. The molecule has 0 radical (unpaired) electrons. The molecule has 1 fully saturated rings. The van der Waals surface area contributed by atoms with E-state index in [2.05, 4.69) is 17.9 Å². The summed E-state index contributed by atoms with van der Waals surface area (Å²) in [5.74, 6) is -0.0517. The van der Waals surface area contributed by atoms with Crippen LogP contribution in [0.3, 0.4) is 0 Å². The minimum atomic E-state index is -1.05. The third kappa shape index (κ3) is 6.26. The second kappa shape index (κ2) is 9.46. The highest BCUT2D eigenvalue weighted by Gasteiger charge is 2.43. The van der Waals surface area contributed by atoms with Crippen molar-refractivity contribution in [2.24, 2.45) is 5.92 Å². The third-order valence-electron chi connectivity index (χ3n) is 5.12. The number of allylic oxidation sites excluding steroid dienone is 1. The van der Waals surface area contributed by atoms with E-state index >= 15 is 0 Å². The lowest BCUT2D eigenvalue weighted by atomic mass is 9.80. The summed E-state index contributed by atoms with van der Waals surface area (Å²) < 4.78 is 11.5. The van der Waals surface area contributed by atoms with Gasteiger partial charge in [0.05, 0.1) is 11.5 Å². The number of esters is 1. The van der Waals surface area contributed by atoms with Crippen LogP contribution in [0.15, 0.2) is 42.3 Å². The molecule has 1 aliphatic heterocycles. The highest BCUT2D eigenvalue weighted by molar-refractivity contribution is 5.74. The number of likely N-dealkylation sites (tertiary alicyclic amines) is 1. The molecule has 28 heavy (non-hydrogen) atoms. The fraction of sp³-hybridized carbons (Fsp3) is 0.609. The van der Waals surface area contributed by atoms with Crippen LogP contribution in [0.25, 0.3) is 0 Å². The monoisotopic (exact) mass is 389 g/mol. The Labute approximate surface area is 169 Å². The van der Waals surface area contributed by atoms with E-state index < -0.39 is 17.1 Å². The van der Waals surface area contributed by atoms with E-state index in [9.17, 15) is 9.90 Å². The molecule has 5 nitrogen and oxygen atoms in total. The molecular weight excluding hydrogens is 354 g/mol. The number of hydrogen-bond donors (Lipinski definition) is 1. The van der Waals surface area contributed by atoms with Gasteiger partial charge in [-0.3, -0.25) is 4.79 Å². The molecule has 1 aromatic carbocycles. The van der Waals surface area contributed by atoms with Crippen LogP contribution in [-0.4, -0.2) is 40.3 Å². The van der Waals surface area contributed by atoms with Crippen LogP contribution >= 0.6 is 0 Å². The first-order valence-corrected chi connectivity index (χ1v) is 10.2. The molecule has 1 unspecified atom stereocenters. The van der Waals surface area contributed by atoms with Gasteiger partial charge in [-0.05, 0) is 58.6 Å². The van der Waals surface area contributed by atoms with Gasteiger partial charge in [0.1, 0.15) is 12.2 Å². The average Bonchev–Trinajstić information content (AvgIpc) is 2.65. The normalized spacial score (nSPS) is 18.5. The van der Waals surface area contributed by atoms with E-state index in [4.69, 9.17) is 9.47 Å². The second-order valence-electron chi connectivity index (χ2n) is 8.57. The van der Waals surface area contributed by atoms with Crippen molar-refractivity contribution in [1.82, 2.24) is 4.90 Å². The molecule has 0 saturated carbocycles. The summed E-state index contributed by atoms with van der Waals surface area (Å²) in [6, 6.07) is 10.1. The van der Waals surface area contributed by atoms with Crippen LogP contribution in [0.5, 0.6) is 0 Å². The summed E-state index contributed by atoms with van der Waals surface area (Å²) in [7, 11) is 0. The van der Waals surface area contributed by atoms with E-state index in [0.29, 0.717) is 32.5 Å². The molecule has 0 amide bonds. The van der Waals surface area contributed by atoms with E-state index in [1.54, 1.807) is 6.92 Å². The summed E-state index contributed by atoms with van der Waals surface area (Å²) in [5, 5.41) is 11.1. The Bertz CT molecular complexity index is 655. The van der Waals surface area contributed by atoms with Crippen LogP contribution in [0.1, 0.15) is 59.4 Å². The second-order valence-corrected chi connectivity index (χ2v) is 8.57. The van der Waals surface area contributed by atoms with Gasteiger partial charge in [0.15, 0.2) is 5.88 Å². The quantitative estimate of drug-likeness (QED) is 0.558. The predicted molar refractivity (Wildman–Crippen MR) is 110 cm³/mol. The van der Waals surface area contributed by atoms with Gasteiger partial charge in [-0.2, -0.15) is 0 Å². The number of piperidine rings is 1. The summed E-state index contributed by atoms with van der Waals surface area (Å²) >= 11 is 0. The van der Waals surface area contributed by atoms with E-state index in [1.165, 1.54) is 0 Å². The van der Waals surface area contributed by atoms with Crippen molar-refractivity contribution in [3.8, 4) is 0 Å². The van der Waals surface area contributed by atoms with Gasteiger partial charge in [0.2, 0.25) is 0 Å². The fourth-order valence-corrected chi connectivity index (χ4v) is 3.34. The van der Waals surface area contributed by atoms with Crippen LogP contribution in [0.4, 0.5) is 0 Å². The third-order valence-corrected chi connectivity index (χ3v) is 5.12. The van der Waals surface area contributed by atoms with Gasteiger partial charge in [0, 0.05) is 13.1 Å². The molecule has 5 heteroatoms. The highest BCUT2D eigenvalue weighted by Crippen LogP contribution is 2.33. The Morgan fingerprint density at radius 1 is 1.25 bits per heavy atom. The lowest BCUT2D eigenvalue weighted by Gasteiger charge is -2.42. The number of hydrogen-bond acceptors (Lipinski definition) is 5. The maximum Gasteiger partial charge on any atom is 0.312 e. The number of nitrogens with zero attached hydrogens (tertiary/aromatic N) is 1. The molecular formula is C23H35NO4. The number of ether oxygens (including phenoxy) is 2. The number of rotatable bonds is 7. The Hall–Kier alpha value is -2.01. The van der Waals surface area contributed by atoms with Gasteiger partial charge >= 0.3 is 5.97 Å². The van der Waals surface area contributed by atoms with Crippen LogP contribution in [-0.2, 0) is 20.9 Å². The first kappa shape index (κ1) is 22.3. The largest absolute Gasteiger partial charge is 0.474 e. The van der Waals surface area contributed by atoms with Gasteiger partial charge in [-0.25, -0.2) is 0 Å². The van der Waals surface area contributed by atoms with Gasteiger partial charge in [-0.1, -0.05) is 37.3 Å². The Balaban J connectivity index is 1.95. The van der Waals surface area contributed by atoms with E-state index in [1.807, 2.05) is 51.1 Å². The minimum Gasteiger partial charge on any atom is -0.474 e. The molecule has 0 aliphatic carbocycles. The molecule has 0 bridgehead atoms. The van der Waals surface area contributed by atoms with Crippen molar-refractivity contribution in [2.45, 2.75) is 71.7 Å². The van der Waals surface area contributed by atoms with Crippen LogP contribution < -0.4 is 0 Å². The summed E-state index contributed by atoms with van der Waals surface area (Å²) in [5.41, 5.74) is -0.475. The Morgan fingerprint density at radius 3 is 2.39 bits per heavy atom. The SMILES string of the molecule is CC/C=C(/OCc1ccccc1)N1CCC(O)(C(C)C(=O)OC(C)(C)C)CC1. The average molecular weight is 390 g/mol. The van der Waals surface area contributed by atoms with Crippen LogP contribution in [0.2, 0.25) is 0 Å². The molecule has 1 heterocycles. The van der Waals surface area contributed by atoms with Crippen molar-refractivity contribution in [3.63, 3.8) is 0 Å². The Kier molecular flexibility index (Phi) is 7.53. The molecule has 0 aromatic heterocycles. The van der Waals surface area contributed by atoms with Crippen molar-refractivity contribution in [3.05, 3.63) is 47.9 Å². The number of carbonyl (C=O) groups excluding carboxylic acids is 1. The topological polar surface area (TPSA) is 59.0 Å². The standard InChI is InChI=1S/C23H35NO4/c1-6-10-20(27-17-19-11-8-7-9-12-19)24-15-13-23(26,14-16-24)18(2)21(25)28-22(3,4)5/h7-12,18,26H,6,13-17H2,1-5H3/b20-10+. The molecule has 1 N–H and O–H groups in total. The van der Waals surface area contributed by atoms with E-state index in [-0.39, 0.29) is 5.97 Å². The zero-order valence-electron chi connectivity index (χ0n) is 17.9. The van der Waals surface area contributed by atoms with Crippen LogP contribution in [0, 0.1) is 5.92 Å². The summed E-state index contributed by atoms with van der Waals surface area (Å²) in [4.78, 5) is 14.6. The lowest BCUT2D eigenvalue weighted by Crippen LogP contribution is -2.51. The maximum atomic E-state index is 12.4. The first-order chi connectivity index (χ1) is 13.1. The molecule has 1 saturated heterocycles. The smallest absolute Gasteiger partial charge is 0.312 e. The molecule has 2 rings (SSSR count). The fourth-order valence-electron chi connectivity index (χ4n) is 3.34. The molecule has 1 aliphatic rings. The molecule has 1 atom stereocenters. The van der Waals surface area contributed by atoms with Crippen molar-refractivity contribution in [2.75, 3.05) is 13.1 Å². The zero-order valence-corrected chi connectivity index (χ0v) is 17.9. The highest BCUT2D eigenvalue weighted by atomic mass is 16.6. The van der Waals surface area contributed by atoms with Gasteiger partial charge < -0.3 is 19.5 Å². The predicted octanol–water partition coefficient (Wildman–Crippen LogP) is 4.26. The van der Waals surface area contributed by atoms with E-state index in [0.717, 1.165) is 17.9 Å². The zero-order chi connectivity index (χ0) is 20.8. The lowest BCUT2D eigenvalue weighted by molar-refractivity contribution is -0.172. The van der Waals surface area contributed by atoms with Gasteiger partial charge in [0.25, 0.3) is 0 Å². The number of aliphatic hydroxyl groups is 1. The molecule has 1 aromatic rings. The Morgan fingerprint density at radius 2 is 1.86 bits per heavy atom. The van der Waals surface area contributed by atoms with Gasteiger partial charge in [-0.15, -0.1) is 0 Å². The van der Waals surface area contributed by atoms with Crippen molar-refractivity contribution in [1.29, 1.82) is 0 Å². The number of carbonyl (C=O) groups is 1. The number of benzene rings is 1. The molecule has 0 spiro atoms. The van der Waals surface area contributed by atoms with Crippen molar-refractivity contribution < 1.29 is 19.4 Å². The summed E-state index contributed by atoms with van der Waals surface area (Å²) in [6.45, 7) is 11.2. The molecule has 156 valence electrons. The van der Waals surface area contributed by atoms with Crippen molar-refractivity contribution >= 4 is 5.97 Å². The first-order valence-electron chi connectivity index (χ1n) is 10.2. The summed E-state index contributed by atoms with van der Waals surface area (Å²) in [6.07, 6.45) is 3.95. The minimum absolute atomic E-state index is 0.340.